The Bertz CT molecular complexity index is 3810. The van der Waals surface area contributed by atoms with Crippen LogP contribution >= 0.6 is 0 Å². The monoisotopic (exact) mass is 801 g/mol. The number of para-hydroxylation sites is 2. The molecule has 5 nitrogen and oxygen atoms in total. The normalized spacial score (nSPS) is 13.2. The first-order valence-corrected chi connectivity index (χ1v) is 21.5. The van der Waals surface area contributed by atoms with E-state index < -0.39 is 5.41 Å². The fraction of sp³-hybridized carbons (Fsp3) is 0.0172. The summed E-state index contributed by atoms with van der Waals surface area (Å²) in [6.07, 6.45) is 0. The van der Waals surface area contributed by atoms with Crippen LogP contribution in [0.25, 0.3) is 100 Å². The quantitative estimate of drug-likeness (QED) is 0.178. The van der Waals surface area contributed by atoms with Crippen LogP contribution in [0.3, 0.4) is 0 Å². The smallest absolute Gasteiger partial charge is 0.240 e. The summed E-state index contributed by atoms with van der Waals surface area (Å²) in [7, 11) is 0. The zero-order valence-corrected chi connectivity index (χ0v) is 33.9. The molecule has 0 saturated carbocycles. The first-order chi connectivity index (χ1) is 31.3. The van der Waals surface area contributed by atoms with E-state index in [1.807, 2.05) is 18.2 Å². The van der Waals surface area contributed by atoms with E-state index in [0.29, 0.717) is 17.7 Å². The first kappa shape index (κ1) is 34.3. The molecule has 3 heterocycles. The molecule has 14 rings (SSSR count). The van der Waals surface area contributed by atoms with E-state index in [0.717, 1.165) is 54.7 Å². The topological polar surface area (TPSA) is 48.5 Å². The lowest BCUT2D eigenvalue weighted by atomic mass is 9.70. The van der Waals surface area contributed by atoms with E-state index in [-0.39, 0.29) is 0 Å². The molecule has 0 atom stereocenters. The van der Waals surface area contributed by atoms with Crippen LogP contribution in [0.5, 0.6) is 0 Å². The summed E-state index contributed by atoms with van der Waals surface area (Å²) >= 11 is 0. The van der Waals surface area contributed by atoms with E-state index >= 15 is 0 Å². The van der Waals surface area contributed by atoms with Crippen molar-refractivity contribution in [3.05, 3.63) is 235 Å². The third kappa shape index (κ3) is 4.63. The lowest BCUT2D eigenvalue weighted by molar-refractivity contribution is 0.795. The SMILES string of the molecule is c1ccc(-c2ccc3c(c2)c2ccccc2n3-c2nc(-c3ccccc3)nc(-n3c4ccccc4c4cc5c(cc43)-c3ccccc3C53c4ccccc4-c4ccccc43)n2)cc1. The number of aromatic nitrogens is 5. The first-order valence-electron chi connectivity index (χ1n) is 21.5. The van der Waals surface area contributed by atoms with Gasteiger partial charge in [0, 0.05) is 27.1 Å². The van der Waals surface area contributed by atoms with Gasteiger partial charge in [0.05, 0.1) is 27.5 Å². The molecule has 0 fully saturated rings. The van der Waals surface area contributed by atoms with Gasteiger partial charge in [-0.2, -0.15) is 15.0 Å². The van der Waals surface area contributed by atoms with Gasteiger partial charge in [0.15, 0.2) is 5.82 Å². The van der Waals surface area contributed by atoms with E-state index in [1.165, 1.54) is 50.1 Å². The van der Waals surface area contributed by atoms with Gasteiger partial charge in [0.1, 0.15) is 0 Å². The van der Waals surface area contributed by atoms with Gasteiger partial charge in [0.25, 0.3) is 0 Å². The Balaban J connectivity index is 1.07. The van der Waals surface area contributed by atoms with Crippen LogP contribution in [0.15, 0.2) is 212 Å². The lowest BCUT2D eigenvalue weighted by Gasteiger charge is -2.30. The summed E-state index contributed by atoms with van der Waals surface area (Å²) < 4.78 is 4.46. The number of hydrogen-bond donors (Lipinski definition) is 0. The Labute approximate surface area is 362 Å². The van der Waals surface area contributed by atoms with Crippen LogP contribution in [-0.2, 0) is 5.41 Å². The highest BCUT2D eigenvalue weighted by Gasteiger charge is 2.51. The Morgan fingerprint density at radius 1 is 0.286 bits per heavy atom. The van der Waals surface area contributed by atoms with Crippen molar-refractivity contribution in [1.29, 1.82) is 0 Å². The molecule has 12 aromatic rings. The minimum absolute atomic E-state index is 0.450. The molecular weight excluding hydrogens is 767 g/mol. The van der Waals surface area contributed by atoms with Gasteiger partial charge in [-0.1, -0.05) is 176 Å². The maximum atomic E-state index is 5.50. The molecule has 3 aromatic heterocycles. The van der Waals surface area contributed by atoms with Gasteiger partial charge in [-0.05, 0) is 92.0 Å². The second-order valence-corrected chi connectivity index (χ2v) is 16.7. The van der Waals surface area contributed by atoms with Gasteiger partial charge in [0.2, 0.25) is 11.9 Å². The second-order valence-electron chi connectivity index (χ2n) is 16.7. The summed E-state index contributed by atoms with van der Waals surface area (Å²) in [5.41, 5.74) is 17.3. The van der Waals surface area contributed by atoms with Crippen molar-refractivity contribution in [2.45, 2.75) is 5.41 Å². The van der Waals surface area contributed by atoms with Gasteiger partial charge >= 0.3 is 0 Å². The summed E-state index contributed by atoms with van der Waals surface area (Å²) in [5.74, 6) is 1.74. The van der Waals surface area contributed by atoms with Crippen LogP contribution in [0.4, 0.5) is 0 Å². The highest BCUT2D eigenvalue weighted by molar-refractivity contribution is 6.13. The molecule has 0 radical (unpaired) electrons. The largest absolute Gasteiger partial charge is 0.278 e. The highest BCUT2D eigenvalue weighted by Crippen LogP contribution is 2.63. The molecular formula is C58H35N5. The van der Waals surface area contributed by atoms with Crippen molar-refractivity contribution >= 4 is 43.6 Å². The number of benzene rings is 9. The third-order valence-corrected chi connectivity index (χ3v) is 13.6. The fourth-order valence-electron chi connectivity index (χ4n) is 11.0. The summed E-state index contributed by atoms with van der Waals surface area (Å²) in [4.78, 5) is 16.2. The fourth-order valence-corrected chi connectivity index (χ4v) is 11.0. The van der Waals surface area contributed by atoms with Gasteiger partial charge in [-0.25, -0.2) is 0 Å². The molecule has 0 N–H and O–H groups in total. The van der Waals surface area contributed by atoms with E-state index in [9.17, 15) is 0 Å². The van der Waals surface area contributed by atoms with Crippen LogP contribution in [0.2, 0.25) is 0 Å². The van der Waals surface area contributed by atoms with Crippen LogP contribution in [0, 0.1) is 0 Å². The molecule has 0 unspecified atom stereocenters. The molecule has 5 heteroatoms. The second kappa shape index (κ2) is 12.8. The average molecular weight is 802 g/mol. The predicted octanol–water partition coefficient (Wildman–Crippen LogP) is 13.7. The van der Waals surface area contributed by atoms with Gasteiger partial charge in [-0.15, -0.1) is 0 Å². The maximum absolute atomic E-state index is 5.50. The number of nitrogens with zero attached hydrogens (tertiary/aromatic N) is 5. The molecule has 2 aliphatic rings. The molecule has 292 valence electrons. The molecule has 1 spiro atoms. The van der Waals surface area contributed by atoms with Crippen molar-refractivity contribution in [3.63, 3.8) is 0 Å². The van der Waals surface area contributed by atoms with Gasteiger partial charge in [-0.3, -0.25) is 9.13 Å². The summed E-state index contributed by atoms with van der Waals surface area (Å²) in [5, 5.41) is 4.59. The molecule has 0 bridgehead atoms. The molecule has 0 saturated heterocycles. The molecule has 2 aliphatic carbocycles. The molecule has 9 aromatic carbocycles. The maximum Gasteiger partial charge on any atom is 0.240 e. The van der Waals surface area contributed by atoms with Crippen LogP contribution in [0.1, 0.15) is 22.3 Å². The molecule has 63 heavy (non-hydrogen) atoms. The standard InChI is InChI=1S/C58H35N5/c1-3-17-36(18-4-1)38-31-32-53-45(33-38)42-24-10-15-29-51(42)62(53)56-59-55(37-19-5-2-6-20-37)60-57(61-56)63-52-30-16-11-25-43(52)46-34-50-44(35-54(46)63)41-23-9-14-28-49(41)58(50)47-26-12-7-21-39(47)40-22-8-13-27-48(40)58/h1-35H. The highest BCUT2D eigenvalue weighted by atomic mass is 15.3. The molecule has 0 aliphatic heterocycles. The van der Waals surface area contributed by atoms with Crippen molar-refractivity contribution in [2.24, 2.45) is 0 Å². The van der Waals surface area contributed by atoms with Crippen molar-refractivity contribution < 1.29 is 0 Å². The number of fused-ring (bicyclic) bond motifs is 16. The summed E-state index contributed by atoms with van der Waals surface area (Å²) in [6, 6.07) is 76.6. The van der Waals surface area contributed by atoms with Crippen molar-refractivity contribution in [2.75, 3.05) is 0 Å². The predicted molar refractivity (Wildman–Crippen MR) is 256 cm³/mol. The van der Waals surface area contributed by atoms with Crippen LogP contribution < -0.4 is 0 Å². The van der Waals surface area contributed by atoms with E-state index in [2.05, 4.69) is 203 Å². The Kier molecular flexibility index (Phi) is 6.97. The van der Waals surface area contributed by atoms with E-state index in [4.69, 9.17) is 15.0 Å². The lowest BCUT2D eigenvalue weighted by Crippen LogP contribution is -2.25. The number of hydrogen-bond acceptors (Lipinski definition) is 3. The van der Waals surface area contributed by atoms with Crippen molar-refractivity contribution in [1.82, 2.24) is 24.1 Å². The number of rotatable bonds is 4. The zero-order chi connectivity index (χ0) is 41.2. The third-order valence-electron chi connectivity index (χ3n) is 13.6. The minimum atomic E-state index is -0.450. The zero-order valence-electron chi connectivity index (χ0n) is 33.9. The van der Waals surface area contributed by atoms with Crippen molar-refractivity contribution in [3.8, 4) is 56.7 Å². The van der Waals surface area contributed by atoms with Gasteiger partial charge < -0.3 is 0 Å². The van der Waals surface area contributed by atoms with E-state index in [1.54, 1.807) is 0 Å². The Hall–Kier alpha value is -8.41. The molecule has 0 amide bonds. The van der Waals surface area contributed by atoms with Crippen LogP contribution in [-0.4, -0.2) is 24.1 Å². The Morgan fingerprint density at radius 3 is 1.35 bits per heavy atom. The minimum Gasteiger partial charge on any atom is -0.278 e. The summed E-state index contributed by atoms with van der Waals surface area (Å²) in [6.45, 7) is 0. The average Bonchev–Trinajstić information content (AvgIpc) is 4.05. The Morgan fingerprint density at radius 2 is 0.746 bits per heavy atom.